The molecule has 100 valence electrons. The molecule has 0 saturated carbocycles. The Balaban J connectivity index is 2.20. The minimum Gasteiger partial charge on any atom is -0.466 e. The quantitative estimate of drug-likeness (QED) is 0.720. The van der Waals surface area contributed by atoms with Crippen LogP contribution in [0.15, 0.2) is 0 Å². The second-order valence-corrected chi connectivity index (χ2v) is 5.21. The molecule has 0 aromatic carbocycles. The molecule has 17 heavy (non-hydrogen) atoms. The molecule has 4 heteroatoms. The van der Waals surface area contributed by atoms with Gasteiger partial charge in [0.05, 0.1) is 12.5 Å². The Morgan fingerprint density at radius 2 is 2.12 bits per heavy atom. The van der Waals surface area contributed by atoms with Crippen LogP contribution in [0.5, 0.6) is 0 Å². The third kappa shape index (κ3) is 5.04. The molecule has 1 atom stereocenters. The van der Waals surface area contributed by atoms with Crippen molar-refractivity contribution in [3.8, 4) is 0 Å². The number of carbonyl (C=O) groups excluding carboxylic acids is 1. The summed E-state index contributed by atoms with van der Waals surface area (Å²) in [6.45, 7) is 9.81. The van der Waals surface area contributed by atoms with Crippen molar-refractivity contribution in [2.75, 3.05) is 32.9 Å². The van der Waals surface area contributed by atoms with Crippen molar-refractivity contribution in [2.45, 2.75) is 33.6 Å². The van der Waals surface area contributed by atoms with Crippen LogP contribution in [0.1, 0.15) is 33.6 Å². The van der Waals surface area contributed by atoms with Gasteiger partial charge in [-0.25, -0.2) is 0 Å². The smallest absolute Gasteiger partial charge is 0.309 e. The highest BCUT2D eigenvalue weighted by molar-refractivity contribution is 5.72. The molecule has 0 aromatic heterocycles. The van der Waals surface area contributed by atoms with E-state index in [1.165, 1.54) is 0 Å². The average Bonchev–Trinajstić information content (AvgIpc) is 2.30. The van der Waals surface area contributed by atoms with E-state index in [2.05, 4.69) is 12.2 Å². The summed E-state index contributed by atoms with van der Waals surface area (Å²) in [6, 6.07) is 0. The maximum atomic E-state index is 11.4. The Bertz CT molecular complexity index is 237. The Morgan fingerprint density at radius 1 is 1.47 bits per heavy atom. The first kappa shape index (κ1) is 14.5. The summed E-state index contributed by atoms with van der Waals surface area (Å²) < 4.78 is 10.3. The van der Waals surface area contributed by atoms with Crippen molar-refractivity contribution in [3.63, 3.8) is 0 Å². The van der Waals surface area contributed by atoms with Gasteiger partial charge in [-0.15, -0.1) is 0 Å². The first-order valence-corrected chi connectivity index (χ1v) is 6.52. The van der Waals surface area contributed by atoms with Crippen molar-refractivity contribution in [3.05, 3.63) is 0 Å². The third-order valence-corrected chi connectivity index (χ3v) is 3.39. The lowest BCUT2D eigenvalue weighted by molar-refractivity contribution is -0.147. The van der Waals surface area contributed by atoms with Crippen LogP contribution in [0, 0.1) is 11.3 Å². The van der Waals surface area contributed by atoms with Crippen LogP contribution in [0.25, 0.3) is 0 Å². The number of rotatable bonds is 6. The van der Waals surface area contributed by atoms with E-state index >= 15 is 0 Å². The SMILES string of the molecule is CCOC(=O)C(C)CNCC1(C)CCOCC1. The van der Waals surface area contributed by atoms with E-state index in [9.17, 15) is 4.79 Å². The van der Waals surface area contributed by atoms with Crippen molar-refractivity contribution < 1.29 is 14.3 Å². The van der Waals surface area contributed by atoms with Gasteiger partial charge in [0.15, 0.2) is 0 Å². The van der Waals surface area contributed by atoms with E-state index in [0.29, 0.717) is 18.6 Å². The second-order valence-electron chi connectivity index (χ2n) is 5.21. The molecule has 1 fully saturated rings. The highest BCUT2D eigenvalue weighted by Gasteiger charge is 2.27. The van der Waals surface area contributed by atoms with Crippen LogP contribution in [0.2, 0.25) is 0 Å². The first-order chi connectivity index (χ1) is 8.07. The molecule has 0 radical (unpaired) electrons. The number of ether oxygens (including phenoxy) is 2. The van der Waals surface area contributed by atoms with Gasteiger partial charge in [0.2, 0.25) is 0 Å². The Kier molecular flexibility index (Phi) is 5.92. The van der Waals surface area contributed by atoms with E-state index in [1.54, 1.807) is 0 Å². The number of hydrogen-bond acceptors (Lipinski definition) is 4. The van der Waals surface area contributed by atoms with E-state index < -0.39 is 0 Å². The molecule has 4 nitrogen and oxygen atoms in total. The minimum absolute atomic E-state index is 0.0709. The molecule has 0 aliphatic carbocycles. The molecule has 0 bridgehead atoms. The van der Waals surface area contributed by atoms with Crippen LogP contribution in [0.4, 0.5) is 0 Å². The van der Waals surface area contributed by atoms with Crippen molar-refractivity contribution in [2.24, 2.45) is 11.3 Å². The zero-order valence-electron chi connectivity index (χ0n) is 11.3. The Morgan fingerprint density at radius 3 is 2.71 bits per heavy atom. The van der Waals surface area contributed by atoms with Crippen molar-refractivity contribution in [1.82, 2.24) is 5.32 Å². The highest BCUT2D eigenvalue weighted by atomic mass is 16.5. The number of hydrogen-bond donors (Lipinski definition) is 1. The van der Waals surface area contributed by atoms with Crippen LogP contribution in [-0.2, 0) is 14.3 Å². The Hall–Kier alpha value is -0.610. The lowest BCUT2D eigenvalue weighted by atomic mass is 9.82. The number of carbonyl (C=O) groups is 1. The lowest BCUT2D eigenvalue weighted by Gasteiger charge is -2.34. The van der Waals surface area contributed by atoms with Gasteiger partial charge in [-0.3, -0.25) is 4.79 Å². The topological polar surface area (TPSA) is 47.6 Å². The minimum atomic E-state index is -0.114. The molecule has 0 amide bonds. The molecule has 1 unspecified atom stereocenters. The maximum absolute atomic E-state index is 11.4. The summed E-state index contributed by atoms with van der Waals surface area (Å²) >= 11 is 0. The second kappa shape index (κ2) is 6.97. The number of nitrogens with one attached hydrogen (secondary N) is 1. The fourth-order valence-electron chi connectivity index (χ4n) is 2.00. The van der Waals surface area contributed by atoms with Gasteiger partial charge in [-0.1, -0.05) is 13.8 Å². The standard InChI is InChI=1S/C13H25NO3/c1-4-17-12(15)11(2)9-14-10-13(3)5-7-16-8-6-13/h11,14H,4-10H2,1-3H3. The summed E-state index contributed by atoms with van der Waals surface area (Å²) in [5.41, 5.74) is 0.312. The van der Waals surface area contributed by atoms with Gasteiger partial charge < -0.3 is 14.8 Å². The van der Waals surface area contributed by atoms with Crippen molar-refractivity contribution >= 4 is 5.97 Å². The lowest BCUT2D eigenvalue weighted by Crippen LogP contribution is -2.39. The molecule has 1 rings (SSSR count). The highest BCUT2D eigenvalue weighted by Crippen LogP contribution is 2.28. The van der Waals surface area contributed by atoms with Gasteiger partial charge >= 0.3 is 5.97 Å². The van der Waals surface area contributed by atoms with E-state index in [1.807, 2.05) is 13.8 Å². The molecule has 1 aliphatic rings. The van der Waals surface area contributed by atoms with E-state index in [-0.39, 0.29) is 11.9 Å². The third-order valence-electron chi connectivity index (χ3n) is 3.39. The molecule has 1 heterocycles. The summed E-state index contributed by atoms with van der Waals surface area (Å²) in [5.74, 6) is -0.185. The average molecular weight is 243 g/mol. The maximum Gasteiger partial charge on any atom is 0.309 e. The zero-order valence-corrected chi connectivity index (χ0v) is 11.3. The van der Waals surface area contributed by atoms with Gasteiger partial charge in [0.1, 0.15) is 0 Å². The molecule has 1 aliphatic heterocycles. The van der Waals surface area contributed by atoms with E-state index in [4.69, 9.17) is 9.47 Å². The fourth-order valence-corrected chi connectivity index (χ4v) is 2.00. The first-order valence-electron chi connectivity index (χ1n) is 6.52. The summed E-state index contributed by atoms with van der Waals surface area (Å²) in [6.07, 6.45) is 2.18. The largest absolute Gasteiger partial charge is 0.466 e. The molecule has 0 spiro atoms. The number of esters is 1. The molecular weight excluding hydrogens is 218 g/mol. The van der Waals surface area contributed by atoms with E-state index in [0.717, 1.165) is 32.6 Å². The zero-order chi connectivity index (χ0) is 12.7. The summed E-state index contributed by atoms with van der Waals surface area (Å²) in [5, 5.41) is 3.38. The van der Waals surface area contributed by atoms with Gasteiger partial charge in [-0.2, -0.15) is 0 Å². The van der Waals surface area contributed by atoms with Gasteiger partial charge in [0.25, 0.3) is 0 Å². The Labute approximate surface area is 104 Å². The van der Waals surface area contributed by atoms with Crippen LogP contribution >= 0.6 is 0 Å². The monoisotopic (exact) mass is 243 g/mol. The molecule has 0 aromatic rings. The normalized spacial score (nSPS) is 20.9. The van der Waals surface area contributed by atoms with Gasteiger partial charge in [-0.05, 0) is 25.2 Å². The van der Waals surface area contributed by atoms with Crippen molar-refractivity contribution in [1.29, 1.82) is 0 Å². The predicted octanol–water partition coefficient (Wildman–Crippen LogP) is 1.59. The molecule has 1 N–H and O–H groups in total. The summed E-state index contributed by atoms with van der Waals surface area (Å²) in [4.78, 5) is 11.4. The van der Waals surface area contributed by atoms with Crippen LogP contribution < -0.4 is 5.32 Å². The fraction of sp³-hybridized carbons (Fsp3) is 0.923. The summed E-state index contributed by atoms with van der Waals surface area (Å²) in [7, 11) is 0. The van der Waals surface area contributed by atoms with Crippen LogP contribution in [0.3, 0.4) is 0 Å². The molecular formula is C13H25NO3. The molecule has 1 saturated heterocycles. The van der Waals surface area contributed by atoms with Crippen LogP contribution in [-0.4, -0.2) is 38.9 Å². The van der Waals surface area contributed by atoms with Gasteiger partial charge in [0, 0.05) is 26.3 Å². The predicted molar refractivity (Wildman–Crippen MR) is 66.8 cm³/mol.